The van der Waals surface area contributed by atoms with Crippen LogP contribution >= 0.6 is 11.3 Å². The second-order valence-corrected chi connectivity index (χ2v) is 8.04. The molecule has 3 heterocycles. The van der Waals surface area contributed by atoms with Crippen LogP contribution in [0.5, 0.6) is 0 Å². The van der Waals surface area contributed by atoms with Gasteiger partial charge in [-0.05, 0) is 39.8 Å². The van der Waals surface area contributed by atoms with Crippen LogP contribution in [0, 0.1) is 20.8 Å². The quantitative estimate of drug-likeness (QED) is 0.572. The van der Waals surface area contributed by atoms with E-state index in [-0.39, 0.29) is 17.8 Å². The van der Waals surface area contributed by atoms with Gasteiger partial charge >= 0.3 is 6.18 Å². The first-order valence-corrected chi connectivity index (χ1v) is 9.62. The molecule has 0 saturated carbocycles. The highest BCUT2D eigenvalue weighted by molar-refractivity contribution is 7.12. The number of aryl methyl sites for hydroxylation is 3. The van der Waals surface area contributed by atoms with Crippen LogP contribution in [0.2, 0.25) is 0 Å². The predicted molar refractivity (Wildman–Crippen MR) is 102 cm³/mol. The number of hydrogen-bond acceptors (Lipinski definition) is 5. The highest BCUT2D eigenvalue weighted by atomic mass is 32.1. The number of carbonyl (C=O) groups excluding carboxylic acids is 1. The lowest BCUT2D eigenvalue weighted by Crippen LogP contribution is -2.34. The van der Waals surface area contributed by atoms with Gasteiger partial charge in [-0.3, -0.25) is 4.79 Å². The minimum Gasteiger partial charge on any atom is -0.339 e. The molecule has 150 valence electrons. The fourth-order valence-electron chi connectivity index (χ4n) is 3.12. The third kappa shape index (κ3) is 4.04. The Morgan fingerprint density at radius 1 is 1.25 bits per heavy atom. The number of amides is 1. The van der Waals surface area contributed by atoms with Crippen LogP contribution in [-0.2, 0) is 0 Å². The number of rotatable bonds is 5. The Labute approximate surface area is 164 Å². The van der Waals surface area contributed by atoms with Crippen molar-refractivity contribution in [1.29, 1.82) is 0 Å². The minimum absolute atomic E-state index is 0.162. The predicted octanol–water partition coefficient (Wildman–Crippen LogP) is 5.29. The molecule has 0 aliphatic rings. The summed E-state index contributed by atoms with van der Waals surface area (Å²) in [4.78, 5) is 20.9. The van der Waals surface area contributed by atoms with Gasteiger partial charge in [0.15, 0.2) is 0 Å². The first-order chi connectivity index (χ1) is 13.1. The number of pyridine rings is 1. The van der Waals surface area contributed by atoms with Gasteiger partial charge in [0.1, 0.15) is 0 Å². The maximum atomic E-state index is 13.1. The summed E-state index contributed by atoms with van der Waals surface area (Å²) in [7, 11) is 0. The number of halogens is 3. The Morgan fingerprint density at radius 2 is 1.96 bits per heavy atom. The molecule has 0 aromatic carbocycles. The molecule has 0 aliphatic heterocycles. The van der Waals surface area contributed by atoms with Crippen LogP contribution in [0.4, 0.5) is 13.2 Å². The zero-order valence-corrected chi connectivity index (χ0v) is 16.8. The zero-order chi connectivity index (χ0) is 20.6. The Balaban J connectivity index is 2.09. The number of hydrogen-bond donors (Lipinski definition) is 0. The van der Waals surface area contributed by atoms with E-state index < -0.39 is 25.0 Å². The maximum absolute atomic E-state index is 13.1. The lowest BCUT2D eigenvalue weighted by Gasteiger charge is -2.22. The Bertz CT molecular complexity index is 1020. The van der Waals surface area contributed by atoms with Crippen molar-refractivity contribution in [3.05, 3.63) is 33.1 Å². The standard InChI is InChI=1S/C19H20F3N3O2S/c1-5-25(7-6-19(20,21)22)18(26)14-9-15(13-8-10(2)28-12(13)4)23-17-16(14)11(3)24-27-17/h8-9H,5-7H2,1-4H3. The van der Waals surface area contributed by atoms with Crippen molar-refractivity contribution < 1.29 is 22.5 Å². The number of fused-ring (bicyclic) bond motifs is 1. The Morgan fingerprint density at radius 3 is 2.54 bits per heavy atom. The Kier molecular flexibility index (Phi) is 5.47. The fourth-order valence-corrected chi connectivity index (χ4v) is 4.06. The van der Waals surface area contributed by atoms with Gasteiger partial charge in [0.2, 0.25) is 0 Å². The molecular formula is C19H20F3N3O2S. The molecule has 0 atom stereocenters. The maximum Gasteiger partial charge on any atom is 0.390 e. The average molecular weight is 411 g/mol. The normalized spacial score (nSPS) is 12.0. The zero-order valence-electron chi connectivity index (χ0n) is 16.0. The lowest BCUT2D eigenvalue weighted by atomic mass is 10.0. The SMILES string of the molecule is CCN(CCC(F)(F)F)C(=O)c1cc(-c2cc(C)sc2C)nc2onc(C)c12. The van der Waals surface area contributed by atoms with Gasteiger partial charge < -0.3 is 9.42 Å². The smallest absolute Gasteiger partial charge is 0.339 e. The molecule has 0 radical (unpaired) electrons. The molecule has 0 N–H and O–H groups in total. The molecule has 3 aromatic rings. The van der Waals surface area contributed by atoms with E-state index in [9.17, 15) is 18.0 Å². The van der Waals surface area contributed by atoms with Crippen LogP contribution in [0.1, 0.15) is 39.2 Å². The summed E-state index contributed by atoms with van der Waals surface area (Å²) < 4.78 is 43.2. The van der Waals surface area contributed by atoms with E-state index >= 15 is 0 Å². The van der Waals surface area contributed by atoms with Crippen molar-refractivity contribution in [2.75, 3.05) is 13.1 Å². The van der Waals surface area contributed by atoms with E-state index in [1.165, 1.54) is 4.90 Å². The number of thiophene rings is 1. The molecular weight excluding hydrogens is 391 g/mol. The third-order valence-electron chi connectivity index (χ3n) is 4.50. The van der Waals surface area contributed by atoms with Gasteiger partial charge in [-0.1, -0.05) is 5.16 Å². The van der Waals surface area contributed by atoms with Crippen LogP contribution in [0.15, 0.2) is 16.7 Å². The summed E-state index contributed by atoms with van der Waals surface area (Å²) in [5.41, 5.74) is 2.34. The Hall–Kier alpha value is -2.42. The van der Waals surface area contributed by atoms with Crippen LogP contribution in [0.3, 0.4) is 0 Å². The first kappa shape index (κ1) is 20.3. The van der Waals surface area contributed by atoms with E-state index in [1.807, 2.05) is 19.9 Å². The van der Waals surface area contributed by atoms with Crippen LogP contribution in [-0.4, -0.2) is 40.2 Å². The summed E-state index contributed by atoms with van der Waals surface area (Å²) in [5.74, 6) is -0.490. The second-order valence-electron chi connectivity index (χ2n) is 6.58. The molecule has 3 aromatic heterocycles. The van der Waals surface area contributed by atoms with E-state index in [1.54, 1.807) is 31.3 Å². The number of carbonyl (C=O) groups is 1. The molecule has 28 heavy (non-hydrogen) atoms. The van der Waals surface area contributed by atoms with Crippen LogP contribution in [0.25, 0.3) is 22.4 Å². The van der Waals surface area contributed by atoms with Gasteiger partial charge in [-0.25, -0.2) is 4.98 Å². The summed E-state index contributed by atoms with van der Waals surface area (Å²) in [6.07, 6.45) is -5.38. The van der Waals surface area contributed by atoms with Crippen molar-refractivity contribution in [1.82, 2.24) is 15.0 Å². The van der Waals surface area contributed by atoms with Gasteiger partial charge in [0, 0.05) is 28.4 Å². The molecule has 9 heteroatoms. The van der Waals surface area contributed by atoms with Crippen LogP contribution < -0.4 is 0 Å². The summed E-state index contributed by atoms with van der Waals surface area (Å²) >= 11 is 1.60. The molecule has 1 amide bonds. The van der Waals surface area contributed by atoms with Gasteiger partial charge in [-0.2, -0.15) is 13.2 Å². The minimum atomic E-state index is -4.33. The molecule has 5 nitrogen and oxygen atoms in total. The number of aromatic nitrogens is 2. The summed E-state index contributed by atoms with van der Waals surface area (Å²) in [5, 5.41) is 4.32. The van der Waals surface area contributed by atoms with Crippen molar-refractivity contribution in [2.24, 2.45) is 0 Å². The number of alkyl halides is 3. The van der Waals surface area contributed by atoms with E-state index in [2.05, 4.69) is 10.1 Å². The number of nitrogens with zero attached hydrogens (tertiary/aromatic N) is 3. The highest BCUT2D eigenvalue weighted by Gasteiger charge is 2.30. The van der Waals surface area contributed by atoms with Gasteiger partial charge in [-0.15, -0.1) is 11.3 Å². The van der Waals surface area contributed by atoms with E-state index in [0.717, 1.165) is 15.3 Å². The summed E-state index contributed by atoms with van der Waals surface area (Å²) in [6.45, 7) is 7.01. The van der Waals surface area contributed by atoms with Crippen molar-refractivity contribution in [3.63, 3.8) is 0 Å². The molecule has 0 saturated heterocycles. The van der Waals surface area contributed by atoms with Crippen molar-refractivity contribution in [3.8, 4) is 11.3 Å². The highest BCUT2D eigenvalue weighted by Crippen LogP contribution is 2.33. The van der Waals surface area contributed by atoms with E-state index in [4.69, 9.17) is 4.52 Å². The molecule has 0 unspecified atom stereocenters. The van der Waals surface area contributed by atoms with Crippen molar-refractivity contribution in [2.45, 2.75) is 40.3 Å². The fraction of sp³-hybridized carbons (Fsp3) is 0.421. The molecule has 0 aliphatic carbocycles. The first-order valence-electron chi connectivity index (χ1n) is 8.81. The largest absolute Gasteiger partial charge is 0.390 e. The molecule has 0 spiro atoms. The van der Waals surface area contributed by atoms with Gasteiger partial charge in [0.05, 0.1) is 28.8 Å². The molecule has 0 bridgehead atoms. The summed E-state index contributed by atoms with van der Waals surface area (Å²) in [6, 6.07) is 3.59. The van der Waals surface area contributed by atoms with Gasteiger partial charge in [0.25, 0.3) is 11.6 Å². The van der Waals surface area contributed by atoms with E-state index in [0.29, 0.717) is 16.8 Å². The molecule has 3 rings (SSSR count). The monoisotopic (exact) mass is 411 g/mol. The average Bonchev–Trinajstić information content (AvgIpc) is 3.15. The third-order valence-corrected chi connectivity index (χ3v) is 5.46. The second kappa shape index (κ2) is 7.54. The van der Waals surface area contributed by atoms with Crippen molar-refractivity contribution >= 4 is 28.3 Å². The molecule has 0 fully saturated rings. The lowest BCUT2D eigenvalue weighted by molar-refractivity contribution is -0.136. The topological polar surface area (TPSA) is 59.2 Å².